The van der Waals surface area contributed by atoms with Gasteiger partial charge in [-0.25, -0.2) is 0 Å². The SMILES string of the molecule is CN1C(=O)CC(NC(=O)C(C)(N)C(F)(F)F)C1=O. The molecule has 6 nitrogen and oxygen atoms in total. The number of nitrogens with one attached hydrogen (secondary N) is 1. The topological polar surface area (TPSA) is 92.5 Å². The van der Waals surface area contributed by atoms with Gasteiger partial charge < -0.3 is 11.1 Å². The molecule has 0 aromatic carbocycles. The number of rotatable bonds is 2. The minimum Gasteiger partial charge on any atom is -0.342 e. The molecule has 18 heavy (non-hydrogen) atoms. The normalized spacial score (nSPS) is 24.1. The number of alkyl halides is 3. The second-order valence-corrected chi connectivity index (χ2v) is 4.22. The fourth-order valence-corrected chi connectivity index (χ4v) is 1.31. The first-order valence-electron chi connectivity index (χ1n) is 4.95. The van der Waals surface area contributed by atoms with Gasteiger partial charge in [0.05, 0.1) is 6.42 Å². The Kier molecular flexibility index (Phi) is 3.39. The first kappa shape index (κ1) is 14.4. The van der Waals surface area contributed by atoms with Crippen molar-refractivity contribution < 1.29 is 27.6 Å². The van der Waals surface area contributed by atoms with Gasteiger partial charge in [0.25, 0.3) is 5.91 Å². The highest BCUT2D eigenvalue weighted by Crippen LogP contribution is 2.28. The number of hydrogen-bond acceptors (Lipinski definition) is 4. The van der Waals surface area contributed by atoms with Gasteiger partial charge in [-0.3, -0.25) is 19.3 Å². The molecule has 2 atom stereocenters. The zero-order valence-electron chi connectivity index (χ0n) is 9.67. The van der Waals surface area contributed by atoms with E-state index in [0.717, 1.165) is 4.90 Å². The van der Waals surface area contributed by atoms with E-state index in [-0.39, 0.29) is 6.42 Å². The van der Waals surface area contributed by atoms with E-state index < -0.39 is 35.5 Å². The molecule has 102 valence electrons. The lowest BCUT2D eigenvalue weighted by Crippen LogP contribution is -2.63. The van der Waals surface area contributed by atoms with Gasteiger partial charge in [-0.05, 0) is 6.92 Å². The molecule has 0 bridgehead atoms. The van der Waals surface area contributed by atoms with Gasteiger partial charge in [-0.1, -0.05) is 0 Å². The van der Waals surface area contributed by atoms with E-state index in [9.17, 15) is 27.6 Å². The van der Waals surface area contributed by atoms with Crippen molar-refractivity contribution in [1.82, 2.24) is 10.2 Å². The molecule has 9 heteroatoms. The van der Waals surface area contributed by atoms with Crippen molar-refractivity contribution in [2.24, 2.45) is 5.73 Å². The number of carbonyl (C=O) groups excluding carboxylic acids is 3. The Hall–Kier alpha value is -1.64. The highest BCUT2D eigenvalue weighted by atomic mass is 19.4. The van der Waals surface area contributed by atoms with E-state index in [1.807, 2.05) is 5.32 Å². The van der Waals surface area contributed by atoms with Crippen LogP contribution >= 0.6 is 0 Å². The van der Waals surface area contributed by atoms with Crippen molar-refractivity contribution in [1.29, 1.82) is 0 Å². The van der Waals surface area contributed by atoms with Gasteiger partial charge in [0.1, 0.15) is 6.04 Å². The molecule has 0 aliphatic carbocycles. The standard InChI is InChI=1S/C9H12F3N3O3/c1-8(13,9(10,11)12)7(18)14-4-3-5(16)15(2)6(4)17/h4H,3,13H2,1-2H3,(H,14,18). The van der Waals surface area contributed by atoms with Crippen molar-refractivity contribution in [3.63, 3.8) is 0 Å². The van der Waals surface area contributed by atoms with E-state index in [1.165, 1.54) is 7.05 Å². The largest absolute Gasteiger partial charge is 0.415 e. The fraction of sp³-hybridized carbons (Fsp3) is 0.667. The van der Waals surface area contributed by atoms with Crippen molar-refractivity contribution in [3.05, 3.63) is 0 Å². The highest BCUT2D eigenvalue weighted by Gasteiger charge is 2.55. The number of nitrogens with zero attached hydrogens (tertiary/aromatic N) is 1. The minimum absolute atomic E-state index is 0.366. The van der Waals surface area contributed by atoms with Gasteiger partial charge in [0.15, 0.2) is 5.54 Å². The lowest BCUT2D eigenvalue weighted by atomic mass is 10.0. The quantitative estimate of drug-likeness (QED) is 0.637. The van der Waals surface area contributed by atoms with Crippen LogP contribution in [0.15, 0.2) is 0 Å². The van der Waals surface area contributed by atoms with E-state index in [1.54, 1.807) is 0 Å². The van der Waals surface area contributed by atoms with Crippen LogP contribution in [0.3, 0.4) is 0 Å². The molecule has 0 spiro atoms. The molecule has 1 rings (SSSR count). The fourth-order valence-electron chi connectivity index (χ4n) is 1.31. The predicted octanol–water partition coefficient (Wildman–Crippen LogP) is -0.860. The molecule has 1 saturated heterocycles. The lowest BCUT2D eigenvalue weighted by Gasteiger charge is -2.27. The first-order valence-corrected chi connectivity index (χ1v) is 4.95. The minimum atomic E-state index is -4.95. The summed E-state index contributed by atoms with van der Waals surface area (Å²) < 4.78 is 37.4. The molecule has 0 saturated carbocycles. The summed E-state index contributed by atoms with van der Waals surface area (Å²) in [6.07, 6.45) is -5.32. The summed E-state index contributed by atoms with van der Waals surface area (Å²) in [4.78, 5) is 34.7. The molecule has 0 radical (unpaired) electrons. The maximum atomic E-state index is 12.5. The summed E-state index contributed by atoms with van der Waals surface area (Å²) in [6.45, 7) is 0.493. The number of likely N-dealkylation sites (tertiary alicyclic amines) is 1. The Morgan fingerprint density at radius 3 is 2.28 bits per heavy atom. The number of carbonyl (C=O) groups is 3. The van der Waals surface area contributed by atoms with Crippen LogP contribution in [0.2, 0.25) is 0 Å². The molecule has 3 N–H and O–H groups in total. The Balaban J connectivity index is 2.79. The van der Waals surface area contributed by atoms with Crippen LogP contribution in [0.25, 0.3) is 0 Å². The molecule has 3 amide bonds. The zero-order valence-corrected chi connectivity index (χ0v) is 9.67. The van der Waals surface area contributed by atoms with Crippen molar-refractivity contribution in [2.45, 2.75) is 31.1 Å². The van der Waals surface area contributed by atoms with Gasteiger partial charge in [-0.2, -0.15) is 13.2 Å². The number of hydrogen-bond donors (Lipinski definition) is 2. The molecule has 1 fully saturated rings. The van der Waals surface area contributed by atoms with E-state index >= 15 is 0 Å². The Morgan fingerprint density at radius 1 is 1.44 bits per heavy atom. The number of nitrogens with two attached hydrogens (primary N) is 1. The first-order chi connectivity index (χ1) is 7.98. The van der Waals surface area contributed by atoms with Crippen LogP contribution in [0.1, 0.15) is 13.3 Å². The molecule has 2 unspecified atom stereocenters. The second kappa shape index (κ2) is 4.23. The van der Waals surface area contributed by atoms with Crippen molar-refractivity contribution in [3.8, 4) is 0 Å². The Bertz CT molecular complexity index is 406. The highest BCUT2D eigenvalue weighted by molar-refractivity contribution is 6.07. The third kappa shape index (κ3) is 2.30. The third-order valence-electron chi connectivity index (χ3n) is 2.75. The summed E-state index contributed by atoms with van der Waals surface area (Å²) >= 11 is 0. The second-order valence-electron chi connectivity index (χ2n) is 4.22. The summed E-state index contributed by atoms with van der Waals surface area (Å²) in [6, 6.07) is -1.29. The maximum Gasteiger partial charge on any atom is 0.415 e. The molecular weight excluding hydrogens is 255 g/mol. The number of halogens is 3. The molecule has 1 heterocycles. The van der Waals surface area contributed by atoms with E-state index in [2.05, 4.69) is 0 Å². The summed E-state index contributed by atoms with van der Waals surface area (Å²) in [5.74, 6) is -2.88. The van der Waals surface area contributed by atoms with Gasteiger partial charge >= 0.3 is 6.18 Å². The smallest absolute Gasteiger partial charge is 0.342 e. The average molecular weight is 267 g/mol. The van der Waals surface area contributed by atoms with Crippen LogP contribution in [0, 0.1) is 0 Å². The van der Waals surface area contributed by atoms with E-state index in [0.29, 0.717) is 6.92 Å². The predicted molar refractivity (Wildman–Crippen MR) is 53.0 cm³/mol. The monoisotopic (exact) mass is 267 g/mol. The van der Waals surface area contributed by atoms with Crippen molar-refractivity contribution in [2.75, 3.05) is 7.05 Å². The maximum absolute atomic E-state index is 12.5. The molecule has 0 aromatic rings. The van der Waals surface area contributed by atoms with Crippen LogP contribution in [0.5, 0.6) is 0 Å². The molecule has 1 aliphatic heterocycles. The molecule has 1 aliphatic rings. The van der Waals surface area contributed by atoms with Gasteiger partial charge in [0.2, 0.25) is 11.8 Å². The molecular formula is C9H12F3N3O3. The average Bonchev–Trinajstić information content (AvgIpc) is 2.44. The number of amides is 3. The zero-order chi connectivity index (χ0) is 14.3. The van der Waals surface area contributed by atoms with Crippen LogP contribution in [0.4, 0.5) is 13.2 Å². The number of imide groups is 1. The van der Waals surface area contributed by atoms with Crippen LogP contribution in [-0.2, 0) is 14.4 Å². The third-order valence-corrected chi connectivity index (χ3v) is 2.75. The van der Waals surface area contributed by atoms with Gasteiger partial charge in [0, 0.05) is 7.05 Å². The lowest BCUT2D eigenvalue weighted by molar-refractivity contribution is -0.188. The van der Waals surface area contributed by atoms with E-state index in [4.69, 9.17) is 5.73 Å². The Morgan fingerprint density at radius 2 is 1.94 bits per heavy atom. The van der Waals surface area contributed by atoms with Crippen LogP contribution in [-0.4, -0.2) is 47.4 Å². The summed E-state index contributed by atoms with van der Waals surface area (Å²) in [5.41, 5.74) is 1.77. The number of likely N-dealkylation sites (N-methyl/N-ethyl adjacent to an activating group) is 1. The van der Waals surface area contributed by atoms with Gasteiger partial charge in [-0.15, -0.1) is 0 Å². The Labute approximate surface area is 100 Å². The summed E-state index contributed by atoms with van der Waals surface area (Å²) in [7, 11) is 1.18. The molecule has 0 aromatic heterocycles. The summed E-state index contributed by atoms with van der Waals surface area (Å²) in [5, 5.41) is 1.84. The van der Waals surface area contributed by atoms with Crippen LogP contribution < -0.4 is 11.1 Å². The van der Waals surface area contributed by atoms with Crippen molar-refractivity contribution >= 4 is 17.7 Å².